The van der Waals surface area contributed by atoms with E-state index in [0.717, 1.165) is 10.8 Å². The number of oxazole rings is 1. The third-order valence-corrected chi connectivity index (χ3v) is 5.31. The van der Waals surface area contributed by atoms with E-state index in [1.54, 1.807) is 30.3 Å². The van der Waals surface area contributed by atoms with Gasteiger partial charge in [-0.25, -0.2) is 4.98 Å². The third kappa shape index (κ3) is 3.66. The summed E-state index contributed by atoms with van der Waals surface area (Å²) < 4.78 is 5.84. The van der Waals surface area contributed by atoms with Gasteiger partial charge in [0.05, 0.1) is 16.2 Å². The van der Waals surface area contributed by atoms with Gasteiger partial charge in [-0.3, -0.25) is 15.1 Å². The Morgan fingerprint density at radius 3 is 2.59 bits per heavy atom. The largest absolute Gasteiger partial charge is 0.507 e. The minimum atomic E-state index is -0.537. The Bertz CT molecular complexity index is 1540. The number of hydrogen-bond donors (Lipinski definition) is 1. The van der Waals surface area contributed by atoms with E-state index >= 15 is 0 Å². The van der Waals surface area contributed by atoms with Crippen LogP contribution in [0.4, 0.5) is 11.4 Å². The van der Waals surface area contributed by atoms with Gasteiger partial charge in [0.25, 0.3) is 5.69 Å². The van der Waals surface area contributed by atoms with Crippen molar-refractivity contribution in [2.75, 3.05) is 0 Å². The minimum Gasteiger partial charge on any atom is -0.507 e. The third-order valence-electron chi connectivity index (χ3n) is 5.00. The molecule has 5 aromatic rings. The molecule has 0 spiro atoms. The molecule has 5 rings (SSSR count). The maximum atomic E-state index is 11.1. The van der Waals surface area contributed by atoms with Gasteiger partial charge in [0.15, 0.2) is 5.58 Å². The van der Waals surface area contributed by atoms with Crippen LogP contribution in [0.2, 0.25) is 5.02 Å². The van der Waals surface area contributed by atoms with Crippen molar-refractivity contribution in [3.05, 3.63) is 93.5 Å². The maximum Gasteiger partial charge on any atom is 0.288 e. The van der Waals surface area contributed by atoms with E-state index in [0.29, 0.717) is 33.8 Å². The Kier molecular flexibility index (Phi) is 4.80. The zero-order valence-corrected chi connectivity index (χ0v) is 17.2. The molecule has 0 unspecified atom stereocenters. The summed E-state index contributed by atoms with van der Waals surface area (Å²) in [5, 5.41) is 23.5. The van der Waals surface area contributed by atoms with Gasteiger partial charge in [-0.1, -0.05) is 41.9 Å². The Hall–Kier alpha value is -4.23. The molecular weight excluding hydrogens is 430 g/mol. The first-order chi connectivity index (χ1) is 15.5. The van der Waals surface area contributed by atoms with Crippen molar-refractivity contribution < 1.29 is 14.4 Å². The number of fused-ring (bicyclic) bond motifs is 2. The molecule has 8 heteroatoms. The van der Waals surface area contributed by atoms with Gasteiger partial charge in [0.1, 0.15) is 16.3 Å². The number of aliphatic imine (C=N–C) groups is 1. The van der Waals surface area contributed by atoms with Crippen LogP contribution in [0.1, 0.15) is 5.56 Å². The molecule has 0 aliphatic rings. The molecule has 0 aliphatic heterocycles. The van der Waals surface area contributed by atoms with Crippen LogP contribution in [-0.2, 0) is 0 Å². The average Bonchev–Trinajstić information content (AvgIpc) is 3.21. The second-order valence-electron chi connectivity index (χ2n) is 7.11. The van der Waals surface area contributed by atoms with Crippen LogP contribution in [0.5, 0.6) is 5.75 Å². The number of nitro benzene ring substituents is 1. The lowest BCUT2D eigenvalue weighted by molar-refractivity contribution is -0.384. The van der Waals surface area contributed by atoms with E-state index in [2.05, 4.69) is 9.98 Å². The molecule has 0 aliphatic carbocycles. The first-order valence-corrected chi connectivity index (χ1v) is 9.96. The van der Waals surface area contributed by atoms with Crippen molar-refractivity contribution >= 4 is 51.1 Å². The van der Waals surface area contributed by atoms with Gasteiger partial charge in [-0.05, 0) is 52.7 Å². The quantitative estimate of drug-likeness (QED) is 0.190. The molecule has 156 valence electrons. The molecule has 32 heavy (non-hydrogen) atoms. The number of phenolic OH excluding ortho intramolecular Hbond substituents is 1. The molecule has 0 atom stereocenters. The Morgan fingerprint density at radius 1 is 1.03 bits per heavy atom. The highest BCUT2D eigenvalue weighted by Gasteiger charge is 2.14. The fourth-order valence-corrected chi connectivity index (χ4v) is 3.60. The zero-order valence-electron chi connectivity index (χ0n) is 16.4. The monoisotopic (exact) mass is 443 g/mol. The maximum absolute atomic E-state index is 11.1. The van der Waals surface area contributed by atoms with Crippen LogP contribution >= 0.6 is 11.6 Å². The summed E-state index contributed by atoms with van der Waals surface area (Å²) >= 11 is 5.85. The highest BCUT2D eigenvalue weighted by molar-refractivity contribution is 6.32. The molecule has 0 saturated heterocycles. The van der Waals surface area contributed by atoms with Crippen molar-refractivity contribution in [3.8, 4) is 17.2 Å². The Balaban J connectivity index is 1.49. The highest BCUT2D eigenvalue weighted by atomic mass is 35.5. The highest BCUT2D eigenvalue weighted by Crippen LogP contribution is 2.35. The van der Waals surface area contributed by atoms with Gasteiger partial charge in [-0.2, -0.15) is 0 Å². The SMILES string of the molecule is O=[N+]([O-])c1cc(C=Nc2ccc3oc(-c4cc5ccccc5cc4O)nc3c2)ccc1Cl. The Labute approximate surface area is 186 Å². The predicted molar refractivity (Wildman–Crippen MR) is 124 cm³/mol. The standard InChI is InChI=1S/C24H14ClN3O4/c25-19-7-5-14(9-21(19)28(30)31)13-26-17-6-8-23-20(12-17)27-24(32-23)18-10-15-3-1-2-4-16(15)11-22(18)29/h1-13,29H. The normalized spacial score (nSPS) is 11.5. The number of phenols is 1. The number of halogens is 1. The number of benzene rings is 4. The molecule has 0 fully saturated rings. The fraction of sp³-hybridized carbons (Fsp3) is 0. The molecule has 1 aromatic heterocycles. The van der Waals surface area contributed by atoms with E-state index in [9.17, 15) is 15.2 Å². The minimum absolute atomic E-state index is 0.0700. The van der Waals surface area contributed by atoms with Crippen molar-refractivity contribution in [2.24, 2.45) is 4.99 Å². The topological polar surface area (TPSA) is 102 Å². The van der Waals surface area contributed by atoms with Crippen LogP contribution in [-0.4, -0.2) is 21.2 Å². The van der Waals surface area contributed by atoms with Gasteiger partial charge < -0.3 is 9.52 Å². The molecule has 1 heterocycles. The van der Waals surface area contributed by atoms with Crippen LogP contribution < -0.4 is 0 Å². The van der Waals surface area contributed by atoms with Gasteiger partial charge in [0.2, 0.25) is 5.89 Å². The number of hydrogen-bond acceptors (Lipinski definition) is 6. The number of aromatic hydroxyl groups is 1. The second kappa shape index (κ2) is 7.79. The molecule has 0 saturated carbocycles. The number of nitro groups is 1. The first-order valence-electron chi connectivity index (χ1n) is 9.59. The predicted octanol–water partition coefficient (Wildman–Crippen LogP) is 6.67. The van der Waals surface area contributed by atoms with Crippen molar-refractivity contribution in [2.45, 2.75) is 0 Å². The van der Waals surface area contributed by atoms with E-state index in [1.165, 1.54) is 18.3 Å². The second-order valence-corrected chi connectivity index (χ2v) is 7.52. The summed E-state index contributed by atoms with van der Waals surface area (Å²) in [6, 6.07) is 20.9. The summed E-state index contributed by atoms with van der Waals surface area (Å²) in [4.78, 5) is 19.4. The summed E-state index contributed by atoms with van der Waals surface area (Å²) in [5.74, 6) is 0.385. The van der Waals surface area contributed by atoms with Crippen molar-refractivity contribution in [3.63, 3.8) is 0 Å². The van der Waals surface area contributed by atoms with Gasteiger partial charge in [-0.15, -0.1) is 0 Å². The smallest absolute Gasteiger partial charge is 0.288 e. The molecule has 0 bridgehead atoms. The molecular formula is C24H14ClN3O4. The first kappa shape index (κ1) is 19.7. The lowest BCUT2D eigenvalue weighted by Crippen LogP contribution is -1.91. The number of nitrogens with zero attached hydrogens (tertiary/aromatic N) is 3. The fourth-order valence-electron chi connectivity index (χ4n) is 3.41. The molecule has 1 N–H and O–H groups in total. The van der Waals surface area contributed by atoms with Crippen LogP contribution in [0, 0.1) is 10.1 Å². The van der Waals surface area contributed by atoms with Crippen molar-refractivity contribution in [1.29, 1.82) is 0 Å². The molecule has 0 radical (unpaired) electrons. The molecule has 4 aromatic carbocycles. The summed E-state index contributed by atoms with van der Waals surface area (Å²) in [6.07, 6.45) is 1.51. The van der Waals surface area contributed by atoms with Crippen molar-refractivity contribution in [1.82, 2.24) is 4.98 Å². The van der Waals surface area contributed by atoms with Crippen LogP contribution in [0.15, 0.2) is 82.2 Å². The number of rotatable bonds is 4. The summed E-state index contributed by atoms with van der Waals surface area (Å²) in [6.45, 7) is 0. The van der Waals surface area contributed by atoms with Crippen LogP contribution in [0.3, 0.4) is 0 Å². The molecule has 7 nitrogen and oxygen atoms in total. The van der Waals surface area contributed by atoms with Gasteiger partial charge in [0, 0.05) is 12.3 Å². The zero-order chi connectivity index (χ0) is 22.2. The lowest BCUT2D eigenvalue weighted by atomic mass is 10.1. The summed E-state index contributed by atoms with van der Waals surface area (Å²) in [5.41, 5.74) is 2.58. The van der Waals surface area contributed by atoms with E-state index in [1.807, 2.05) is 30.3 Å². The van der Waals surface area contributed by atoms with Gasteiger partial charge >= 0.3 is 0 Å². The molecule has 0 amide bonds. The van der Waals surface area contributed by atoms with E-state index in [4.69, 9.17) is 16.0 Å². The Morgan fingerprint density at radius 2 is 1.81 bits per heavy atom. The number of aromatic nitrogens is 1. The lowest BCUT2D eigenvalue weighted by Gasteiger charge is -2.03. The van der Waals surface area contributed by atoms with Crippen LogP contribution in [0.25, 0.3) is 33.3 Å². The average molecular weight is 444 g/mol. The summed E-state index contributed by atoms with van der Waals surface area (Å²) in [7, 11) is 0. The van der Waals surface area contributed by atoms with E-state index in [-0.39, 0.29) is 16.5 Å². The van der Waals surface area contributed by atoms with E-state index < -0.39 is 4.92 Å².